The number of halogens is 2. The Morgan fingerprint density at radius 2 is 1.57 bits per heavy atom. The van der Waals surface area contributed by atoms with Gasteiger partial charge < -0.3 is 0 Å². The second-order valence-electron chi connectivity index (χ2n) is 3.96. The zero-order valence-electron chi connectivity index (χ0n) is 10.3. The van der Waals surface area contributed by atoms with Crippen molar-refractivity contribution in [2.45, 2.75) is 4.90 Å². The van der Waals surface area contributed by atoms with Crippen LogP contribution in [0.4, 0.5) is 11.4 Å². The molecule has 2 aromatic carbocycles. The first-order valence-corrected chi connectivity index (χ1v) is 7.76. The van der Waals surface area contributed by atoms with Gasteiger partial charge >= 0.3 is 0 Å². The van der Waals surface area contributed by atoms with Gasteiger partial charge in [0.05, 0.1) is 25.6 Å². The summed E-state index contributed by atoms with van der Waals surface area (Å²) in [7, 11) is -3.88. The fraction of sp³-hybridized carbons (Fsp3) is 0. The lowest BCUT2D eigenvalue weighted by atomic mass is 10.3. The summed E-state index contributed by atoms with van der Waals surface area (Å²) in [5.41, 5.74) is -0.430. The number of hydrogen-bond acceptors (Lipinski definition) is 4. The third-order valence-electron chi connectivity index (χ3n) is 2.53. The van der Waals surface area contributed by atoms with Crippen LogP contribution in [0.5, 0.6) is 0 Å². The van der Waals surface area contributed by atoms with Crippen LogP contribution in [0.2, 0.25) is 10.0 Å². The fourth-order valence-electron chi connectivity index (χ4n) is 1.56. The van der Waals surface area contributed by atoms with Gasteiger partial charge in [0, 0.05) is 12.1 Å². The number of hydrogen-bond donors (Lipinski definition) is 1. The van der Waals surface area contributed by atoms with Gasteiger partial charge in [0.15, 0.2) is 0 Å². The molecule has 0 amide bonds. The second kappa shape index (κ2) is 5.88. The van der Waals surface area contributed by atoms with Crippen LogP contribution in [0.15, 0.2) is 47.4 Å². The highest BCUT2D eigenvalue weighted by atomic mass is 35.5. The molecule has 2 rings (SSSR count). The van der Waals surface area contributed by atoms with Gasteiger partial charge in [-0.3, -0.25) is 14.8 Å². The molecule has 0 unspecified atom stereocenters. The Morgan fingerprint density at radius 1 is 1.05 bits per heavy atom. The molecule has 0 aromatic heterocycles. The minimum absolute atomic E-state index is 0.0236. The van der Waals surface area contributed by atoms with Gasteiger partial charge in [-0.05, 0) is 12.1 Å². The van der Waals surface area contributed by atoms with Crippen LogP contribution in [-0.4, -0.2) is 13.3 Å². The zero-order valence-corrected chi connectivity index (χ0v) is 12.6. The Balaban J connectivity index is 2.43. The molecular weight excluding hydrogens is 339 g/mol. The standard InChI is InChI=1S/C12H8Cl2N2O4S/c13-10-6-8(16(17)18)7-11(14)12(10)15-21(19,20)9-4-2-1-3-5-9/h1-7,15H. The maximum absolute atomic E-state index is 12.2. The summed E-state index contributed by atoms with van der Waals surface area (Å²) in [6.45, 7) is 0. The first-order chi connectivity index (χ1) is 9.81. The number of nitrogens with zero attached hydrogens (tertiary/aromatic N) is 1. The number of nitro benzene ring substituents is 1. The molecule has 110 valence electrons. The van der Waals surface area contributed by atoms with E-state index >= 15 is 0 Å². The van der Waals surface area contributed by atoms with Gasteiger partial charge in [-0.15, -0.1) is 0 Å². The van der Waals surface area contributed by atoms with E-state index in [1.54, 1.807) is 18.2 Å². The Morgan fingerprint density at radius 3 is 2.05 bits per heavy atom. The predicted octanol–water partition coefficient (Wildman–Crippen LogP) is 3.70. The lowest BCUT2D eigenvalue weighted by molar-refractivity contribution is -0.384. The van der Waals surface area contributed by atoms with Crippen molar-refractivity contribution in [3.8, 4) is 0 Å². The molecule has 0 aliphatic heterocycles. The average Bonchev–Trinajstić information content (AvgIpc) is 2.43. The number of non-ortho nitro benzene ring substituents is 1. The molecule has 0 fully saturated rings. The monoisotopic (exact) mass is 346 g/mol. The summed E-state index contributed by atoms with van der Waals surface area (Å²) in [5.74, 6) is 0. The minimum Gasteiger partial charge on any atom is -0.277 e. The van der Waals surface area contributed by atoms with Crippen molar-refractivity contribution in [2.75, 3.05) is 4.72 Å². The Labute approximate surface area is 130 Å². The lowest BCUT2D eigenvalue weighted by Crippen LogP contribution is -2.13. The van der Waals surface area contributed by atoms with Crippen molar-refractivity contribution >= 4 is 44.6 Å². The van der Waals surface area contributed by atoms with Gasteiger partial charge in [-0.25, -0.2) is 8.42 Å². The third-order valence-corrected chi connectivity index (χ3v) is 4.49. The molecule has 0 heterocycles. The fourth-order valence-corrected chi connectivity index (χ4v) is 3.36. The molecule has 0 aliphatic rings. The van der Waals surface area contributed by atoms with E-state index in [4.69, 9.17) is 23.2 Å². The molecule has 0 saturated carbocycles. The van der Waals surface area contributed by atoms with E-state index in [-0.39, 0.29) is 26.3 Å². The molecule has 1 N–H and O–H groups in total. The van der Waals surface area contributed by atoms with E-state index in [0.717, 1.165) is 12.1 Å². The lowest BCUT2D eigenvalue weighted by Gasteiger charge is -2.11. The highest BCUT2D eigenvalue weighted by Crippen LogP contribution is 2.35. The largest absolute Gasteiger partial charge is 0.277 e. The topological polar surface area (TPSA) is 89.3 Å². The van der Waals surface area contributed by atoms with Crippen LogP contribution in [0.25, 0.3) is 0 Å². The van der Waals surface area contributed by atoms with Crippen molar-refractivity contribution in [2.24, 2.45) is 0 Å². The maximum atomic E-state index is 12.2. The van der Waals surface area contributed by atoms with Crippen LogP contribution >= 0.6 is 23.2 Å². The van der Waals surface area contributed by atoms with Gasteiger partial charge in [0.2, 0.25) is 0 Å². The molecule has 0 atom stereocenters. The van der Waals surface area contributed by atoms with Crippen LogP contribution < -0.4 is 4.72 Å². The van der Waals surface area contributed by atoms with Crippen molar-refractivity contribution in [3.05, 3.63) is 62.6 Å². The smallest absolute Gasteiger partial charge is 0.272 e. The van der Waals surface area contributed by atoms with Gasteiger partial charge in [0.1, 0.15) is 0 Å². The van der Waals surface area contributed by atoms with Crippen LogP contribution in [0.1, 0.15) is 0 Å². The number of nitrogens with one attached hydrogen (secondary N) is 1. The number of sulfonamides is 1. The van der Waals surface area contributed by atoms with E-state index in [0.29, 0.717) is 0 Å². The second-order valence-corrected chi connectivity index (χ2v) is 6.46. The van der Waals surface area contributed by atoms with Gasteiger partial charge in [-0.1, -0.05) is 41.4 Å². The highest BCUT2D eigenvalue weighted by molar-refractivity contribution is 7.92. The molecule has 0 bridgehead atoms. The average molecular weight is 347 g/mol. The zero-order chi connectivity index (χ0) is 15.6. The van der Waals surface area contributed by atoms with Crippen molar-refractivity contribution in [1.82, 2.24) is 0 Å². The van der Waals surface area contributed by atoms with Crippen molar-refractivity contribution < 1.29 is 13.3 Å². The summed E-state index contributed by atoms with van der Waals surface area (Å²) in [6, 6.07) is 9.64. The van der Waals surface area contributed by atoms with Crippen LogP contribution in [0.3, 0.4) is 0 Å². The maximum Gasteiger partial charge on any atom is 0.272 e. The summed E-state index contributed by atoms with van der Waals surface area (Å²) in [5, 5.41) is 10.4. The number of nitro groups is 1. The summed E-state index contributed by atoms with van der Waals surface area (Å²) in [4.78, 5) is 10.0. The molecule has 0 radical (unpaired) electrons. The van der Waals surface area contributed by atoms with Crippen molar-refractivity contribution in [1.29, 1.82) is 0 Å². The Kier molecular flexibility index (Phi) is 4.36. The normalized spacial score (nSPS) is 11.1. The molecule has 9 heteroatoms. The number of rotatable bonds is 4. The third kappa shape index (κ3) is 3.44. The van der Waals surface area contributed by atoms with Gasteiger partial charge in [0.25, 0.3) is 15.7 Å². The van der Waals surface area contributed by atoms with E-state index < -0.39 is 14.9 Å². The molecule has 0 spiro atoms. The SMILES string of the molecule is O=[N+]([O-])c1cc(Cl)c(NS(=O)(=O)c2ccccc2)c(Cl)c1. The Hall–Kier alpha value is -1.83. The molecule has 6 nitrogen and oxygen atoms in total. The number of benzene rings is 2. The molecule has 2 aromatic rings. The summed E-state index contributed by atoms with van der Waals surface area (Å²) in [6.07, 6.45) is 0. The highest BCUT2D eigenvalue weighted by Gasteiger charge is 2.20. The quantitative estimate of drug-likeness (QED) is 0.674. The van der Waals surface area contributed by atoms with Crippen LogP contribution in [0, 0.1) is 10.1 Å². The summed E-state index contributed by atoms with van der Waals surface area (Å²) >= 11 is 11.7. The van der Waals surface area contributed by atoms with Crippen molar-refractivity contribution in [3.63, 3.8) is 0 Å². The first-order valence-electron chi connectivity index (χ1n) is 5.52. The molecular formula is C12H8Cl2N2O4S. The van der Waals surface area contributed by atoms with E-state index in [1.807, 2.05) is 0 Å². The summed E-state index contributed by atoms with van der Waals surface area (Å²) < 4.78 is 26.5. The molecule has 0 saturated heterocycles. The van der Waals surface area contributed by atoms with Crippen LogP contribution in [-0.2, 0) is 10.0 Å². The van der Waals surface area contributed by atoms with E-state index in [2.05, 4.69) is 4.72 Å². The Bertz CT molecular complexity index is 771. The minimum atomic E-state index is -3.88. The first kappa shape index (κ1) is 15.6. The molecule has 21 heavy (non-hydrogen) atoms. The predicted molar refractivity (Wildman–Crippen MR) is 80.4 cm³/mol. The van der Waals surface area contributed by atoms with E-state index in [1.165, 1.54) is 12.1 Å². The van der Waals surface area contributed by atoms with E-state index in [9.17, 15) is 18.5 Å². The number of anilines is 1. The molecule has 0 aliphatic carbocycles. The van der Waals surface area contributed by atoms with Gasteiger partial charge in [-0.2, -0.15) is 0 Å².